The predicted molar refractivity (Wildman–Crippen MR) is 115 cm³/mol. The number of nitrogens with one attached hydrogen (secondary N) is 3. The van der Waals surface area contributed by atoms with Crippen LogP contribution in [0.4, 0.5) is 17.3 Å². The maximum atomic E-state index is 13.1. The van der Waals surface area contributed by atoms with Crippen molar-refractivity contribution in [1.82, 2.24) is 35.1 Å². The molecule has 31 heavy (non-hydrogen) atoms. The van der Waals surface area contributed by atoms with Gasteiger partial charge in [0, 0.05) is 25.0 Å². The second-order valence-corrected chi connectivity index (χ2v) is 7.37. The van der Waals surface area contributed by atoms with E-state index in [0.717, 1.165) is 35.5 Å². The Bertz CT molecular complexity index is 1280. The second-order valence-electron chi connectivity index (χ2n) is 7.37. The molecule has 1 aliphatic carbocycles. The number of rotatable bonds is 5. The van der Waals surface area contributed by atoms with Gasteiger partial charge in [-0.2, -0.15) is 10.2 Å². The van der Waals surface area contributed by atoms with Gasteiger partial charge in [-0.3, -0.25) is 4.79 Å². The summed E-state index contributed by atoms with van der Waals surface area (Å²) in [4.78, 5) is 21.9. The molecule has 0 saturated heterocycles. The van der Waals surface area contributed by atoms with Crippen LogP contribution in [-0.2, 0) is 6.42 Å². The van der Waals surface area contributed by atoms with Gasteiger partial charge in [-0.15, -0.1) is 5.10 Å². The number of amides is 1. The molecule has 0 bridgehead atoms. The lowest BCUT2D eigenvalue weighted by Crippen LogP contribution is -2.29. The summed E-state index contributed by atoms with van der Waals surface area (Å²) in [6, 6.07) is 9.30. The number of fused-ring (bicyclic) bond motifs is 2. The van der Waals surface area contributed by atoms with Gasteiger partial charge in [0.1, 0.15) is 5.82 Å². The number of carbonyl (C=O) groups is 1. The third kappa shape index (κ3) is 3.52. The number of nitrogens with zero attached hydrogens (tertiary/aromatic N) is 6. The summed E-state index contributed by atoms with van der Waals surface area (Å²) >= 11 is 0. The molecule has 1 atom stereocenters. The average Bonchev–Trinajstić information content (AvgIpc) is 3.38. The first-order valence-electron chi connectivity index (χ1n) is 10.0. The summed E-state index contributed by atoms with van der Waals surface area (Å²) in [7, 11) is 1.80. The van der Waals surface area contributed by atoms with E-state index in [4.69, 9.17) is 0 Å². The highest BCUT2D eigenvalue weighted by Gasteiger charge is 2.27. The molecule has 5 rings (SSSR count). The summed E-state index contributed by atoms with van der Waals surface area (Å²) in [5.41, 5.74) is 4.46. The van der Waals surface area contributed by atoms with E-state index in [2.05, 4.69) is 41.2 Å². The molecule has 3 N–H and O–H groups in total. The normalized spacial score (nSPS) is 15.0. The summed E-state index contributed by atoms with van der Waals surface area (Å²) in [5, 5.41) is 22.1. The molecule has 4 aromatic heterocycles. The number of aromatic nitrogens is 6. The second kappa shape index (κ2) is 7.63. The number of aryl methyl sites for hydroxylation is 2. The van der Waals surface area contributed by atoms with Gasteiger partial charge in [0.15, 0.2) is 17.2 Å². The third-order valence-electron chi connectivity index (χ3n) is 5.29. The van der Waals surface area contributed by atoms with Crippen LogP contribution in [0.3, 0.4) is 0 Å². The highest BCUT2D eigenvalue weighted by atomic mass is 16.2. The minimum atomic E-state index is -0.267. The molecule has 1 amide bonds. The van der Waals surface area contributed by atoms with Crippen LogP contribution in [0, 0.1) is 6.92 Å². The van der Waals surface area contributed by atoms with E-state index in [1.165, 1.54) is 10.7 Å². The van der Waals surface area contributed by atoms with Crippen LogP contribution in [0.1, 0.15) is 39.9 Å². The van der Waals surface area contributed by atoms with Crippen LogP contribution < -0.4 is 16.0 Å². The lowest BCUT2D eigenvalue weighted by atomic mass is 10.2. The highest BCUT2D eigenvalue weighted by Crippen LogP contribution is 2.29. The molecule has 4 aromatic rings. The van der Waals surface area contributed by atoms with Crippen LogP contribution in [0.15, 0.2) is 42.7 Å². The SMILES string of the molecule is CNc1cc(Nc2cccc(C)n2)nn2c(C(=O)N[C@@H]3CCc4ccnnc43)cnc12. The van der Waals surface area contributed by atoms with Crippen molar-refractivity contribution < 1.29 is 4.79 Å². The van der Waals surface area contributed by atoms with Gasteiger partial charge in [0.05, 0.1) is 23.6 Å². The smallest absolute Gasteiger partial charge is 0.272 e. The maximum absolute atomic E-state index is 13.1. The number of pyridine rings is 1. The van der Waals surface area contributed by atoms with Crippen LogP contribution in [0.5, 0.6) is 0 Å². The average molecular weight is 415 g/mol. The van der Waals surface area contributed by atoms with Gasteiger partial charge in [-0.25, -0.2) is 14.5 Å². The molecule has 0 fully saturated rings. The largest absolute Gasteiger partial charge is 0.385 e. The van der Waals surface area contributed by atoms with Crippen molar-refractivity contribution in [3.8, 4) is 0 Å². The van der Waals surface area contributed by atoms with Crippen LogP contribution in [-0.4, -0.2) is 42.7 Å². The van der Waals surface area contributed by atoms with Gasteiger partial charge >= 0.3 is 0 Å². The van der Waals surface area contributed by atoms with Crippen molar-refractivity contribution in [1.29, 1.82) is 0 Å². The maximum Gasteiger partial charge on any atom is 0.272 e. The molecule has 10 nitrogen and oxygen atoms in total. The van der Waals surface area contributed by atoms with E-state index < -0.39 is 0 Å². The molecular formula is C21H21N9O. The van der Waals surface area contributed by atoms with Gasteiger partial charge in [-0.1, -0.05) is 6.07 Å². The van der Waals surface area contributed by atoms with Crippen molar-refractivity contribution in [2.45, 2.75) is 25.8 Å². The molecule has 0 radical (unpaired) electrons. The van der Waals surface area contributed by atoms with Gasteiger partial charge in [-0.05, 0) is 43.5 Å². The number of imidazole rings is 1. The Morgan fingerprint density at radius 3 is 2.97 bits per heavy atom. The van der Waals surface area contributed by atoms with Crippen molar-refractivity contribution in [3.63, 3.8) is 0 Å². The first kappa shape index (κ1) is 18.9. The molecule has 1 aliphatic rings. The van der Waals surface area contributed by atoms with E-state index in [1.54, 1.807) is 13.2 Å². The number of hydrogen-bond acceptors (Lipinski definition) is 8. The Balaban J connectivity index is 1.47. The first-order valence-corrected chi connectivity index (χ1v) is 10.0. The number of anilines is 3. The zero-order chi connectivity index (χ0) is 21.4. The van der Waals surface area contributed by atoms with Crippen LogP contribution in [0.2, 0.25) is 0 Å². The van der Waals surface area contributed by atoms with Crippen molar-refractivity contribution in [2.24, 2.45) is 0 Å². The Kier molecular flexibility index (Phi) is 4.66. The fourth-order valence-electron chi connectivity index (χ4n) is 3.79. The predicted octanol–water partition coefficient (Wildman–Crippen LogP) is 2.43. The number of hydrogen-bond donors (Lipinski definition) is 3. The molecular weight excluding hydrogens is 394 g/mol. The van der Waals surface area contributed by atoms with Crippen LogP contribution >= 0.6 is 0 Å². The molecule has 0 aromatic carbocycles. The Labute approximate surface area is 178 Å². The van der Waals surface area contributed by atoms with E-state index in [0.29, 0.717) is 23.0 Å². The lowest BCUT2D eigenvalue weighted by Gasteiger charge is -2.13. The fourth-order valence-corrected chi connectivity index (χ4v) is 3.79. The summed E-state index contributed by atoms with van der Waals surface area (Å²) in [6.07, 6.45) is 4.86. The zero-order valence-corrected chi connectivity index (χ0v) is 17.1. The monoisotopic (exact) mass is 415 g/mol. The Morgan fingerprint density at radius 1 is 1.23 bits per heavy atom. The Morgan fingerprint density at radius 2 is 2.13 bits per heavy atom. The number of carbonyl (C=O) groups excluding carboxylic acids is 1. The van der Waals surface area contributed by atoms with Gasteiger partial charge in [0.25, 0.3) is 5.91 Å². The van der Waals surface area contributed by atoms with E-state index >= 15 is 0 Å². The molecule has 0 spiro atoms. The van der Waals surface area contributed by atoms with Gasteiger partial charge in [0.2, 0.25) is 0 Å². The third-order valence-corrected chi connectivity index (χ3v) is 5.29. The standard InChI is InChI=1S/C21H21N9O/c1-12-4-3-5-17(25-12)27-18-10-15(22-2)20-23-11-16(30(20)29-18)21(31)26-14-7-6-13-8-9-24-28-19(13)14/h3-5,8-11,14,22H,6-7H2,1-2H3,(H,26,31)(H,25,27,29)/t14-/m1/s1. The van der Waals surface area contributed by atoms with Crippen LogP contribution in [0.25, 0.3) is 5.65 Å². The molecule has 0 saturated carbocycles. The fraction of sp³-hybridized carbons (Fsp3) is 0.238. The summed E-state index contributed by atoms with van der Waals surface area (Å²) in [5.74, 6) is 0.941. The summed E-state index contributed by atoms with van der Waals surface area (Å²) < 4.78 is 1.53. The van der Waals surface area contributed by atoms with Crippen molar-refractivity contribution in [2.75, 3.05) is 17.7 Å². The molecule has 156 valence electrons. The Hall–Kier alpha value is -4.08. The van der Waals surface area contributed by atoms with E-state index in [1.807, 2.05) is 37.3 Å². The molecule has 0 unspecified atom stereocenters. The molecule has 10 heteroatoms. The quantitative estimate of drug-likeness (QED) is 0.454. The highest BCUT2D eigenvalue weighted by molar-refractivity contribution is 5.94. The van der Waals surface area contributed by atoms with Crippen molar-refractivity contribution in [3.05, 3.63) is 65.4 Å². The lowest BCUT2D eigenvalue weighted by molar-refractivity contribution is 0.0928. The minimum Gasteiger partial charge on any atom is -0.385 e. The van der Waals surface area contributed by atoms with Gasteiger partial charge < -0.3 is 16.0 Å². The summed E-state index contributed by atoms with van der Waals surface area (Å²) in [6.45, 7) is 1.92. The van der Waals surface area contributed by atoms with E-state index in [9.17, 15) is 4.79 Å². The molecule has 4 heterocycles. The topological polar surface area (TPSA) is 122 Å². The van der Waals surface area contributed by atoms with E-state index in [-0.39, 0.29) is 11.9 Å². The first-order chi connectivity index (χ1) is 15.1. The van der Waals surface area contributed by atoms with Crippen molar-refractivity contribution >= 4 is 28.9 Å². The minimum absolute atomic E-state index is 0.177. The molecule has 0 aliphatic heterocycles. The zero-order valence-electron chi connectivity index (χ0n) is 17.1.